The first-order valence-electron chi connectivity index (χ1n) is 6.72. The Labute approximate surface area is 135 Å². The molecule has 2 aromatic heterocycles. The minimum atomic E-state index is -0.207. The van der Waals surface area contributed by atoms with Gasteiger partial charge in [0.05, 0.1) is 17.9 Å². The molecule has 3 rings (SSSR count). The number of nitrogens with zero attached hydrogens (tertiary/aromatic N) is 2. The molecule has 2 heterocycles. The molecular formula is C16H13BrN4O. The standard InChI is InChI=1S/C16H13BrN4O/c17-12-6-4-11(5-7-12)14-9-15(21-20-14)16(22)19-10-13-3-1-2-8-18-13/h1-9H,10H2,(H,19,22)(H,20,21). The van der Waals surface area contributed by atoms with Gasteiger partial charge in [0.1, 0.15) is 5.69 Å². The molecule has 6 heteroatoms. The number of hydrogen-bond donors (Lipinski definition) is 2. The molecule has 0 atom stereocenters. The lowest BCUT2D eigenvalue weighted by Crippen LogP contribution is -2.23. The first-order chi connectivity index (χ1) is 10.7. The van der Waals surface area contributed by atoms with E-state index in [0.29, 0.717) is 12.2 Å². The number of rotatable bonds is 4. The average molecular weight is 357 g/mol. The summed E-state index contributed by atoms with van der Waals surface area (Å²) in [6, 6.07) is 15.1. The van der Waals surface area contributed by atoms with E-state index in [-0.39, 0.29) is 5.91 Å². The molecule has 0 bridgehead atoms. The van der Waals surface area contributed by atoms with Crippen LogP contribution in [0, 0.1) is 0 Å². The summed E-state index contributed by atoms with van der Waals surface area (Å²) in [6.45, 7) is 0.381. The number of pyridine rings is 1. The molecule has 5 nitrogen and oxygen atoms in total. The molecule has 0 unspecified atom stereocenters. The Hall–Kier alpha value is -2.47. The third-order valence-corrected chi connectivity index (χ3v) is 3.65. The smallest absolute Gasteiger partial charge is 0.269 e. The van der Waals surface area contributed by atoms with E-state index in [0.717, 1.165) is 21.4 Å². The number of amides is 1. The maximum absolute atomic E-state index is 12.1. The van der Waals surface area contributed by atoms with Gasteiger partial charge in [-0.3, -0.25) is 14.9 Å². The fraction of sp³-hybridized carbons (Fsp3) is 0.0625. The van der Waals surface area contributed by atoms with Crippen LogP contribution >= 0.6 is 15.9 Å². The summed E-state index contributed by atoms with van der Waals surface area (Å²) < 4.78 is 1.00. The molecule has 1 amide bonds. The van der Waals surface area contributed by atoms with Gasteiger partial charge in [0.2, 0.25) is 0 Å². The van der Waals surface area contributed by atoms with Gasteiger partial charge in [0, 0.05) is 16.2 Å². The van der Waals surface area contributed by atoms with Gasteiger partial charge in [-0.05, 0) is 30.3 Å². The summed E-state index contributed by atoms with van der Waals surface area (Å²) in [5, 5.41) is 9.75. The zero-order valence-electron chi connectivity index (χ0n) is 11.6. The Bertz CT molecular complexity index is 768. The van der Waals surface area contributed by atoms with Crippen molar-refractivity contribution >= 4 is 21.8 Å². The quantitative estimate of drug-likeness (QED) is 0.754. The average Bonchev–Trinajstić information content (AvgIpc) is 3.04. The van der Waals surface area contributed by atoms with Crippen LogP contribution in [0.15, 0.2) is 59.2 Å². The highest BCUT2D eigenvalue weighted by molar-refractivity contribution is 9.10. The van der Waals surface area contributed by atoms with Crippen LogP contribution < -0.4 is 5.32 Å². The summed E-state index contributed by atoms with van der Waals surface area (Å²) in [4.78, 5) is 16.3. The molecule has 0 saturated carbocycles. The second kappa shape index (κ2) is 6.53. The number of benzene rings is 1. The number of halogens is 1. The molecule has 1 aromatic carbocycles. The third kappa shape index (κ3) is 3.40. The zero-order chi connectivity index (χ0) is 15.4. The number of carbonyl (C=O) groups excluding carboxylic acids is 1. The molecule has 3 aromatic rings. The van der Waals surface area contributed by atoms with Crippen molar-refractivity contribution in [3.63, 3.8) is 0 Å². The van der Waals surface area contributed by atoms with Crippen LogP contribution in [0.25, 0.3) is 11.3 Å². The highest BCUT2D eigenvalue weighted by atomic mass is 79.9. The van der Waals surface area contributed by atoms with Crippen molar-refractivity contribution in [3.8, 4) is 11.3 Å². The minimum absolute atomic E-state index is 0.207. The van der Waals surface area contributed by atoms with Crippen molar-refractivity contribution in [2.24, 2.45) is 0 Å². The number of H-pyrrole nitrogens is 1. The lowest BCUT2D eigenvalue weighted by atomic mass is 10.1. The fourth-order valence-corrected chi connectivity index (χ4v) is 2.24. The Morgan fingerprint density at radius 1 is 1.18 bits per heavy atom. The molecular weight excluding hydrogens is 344 g/mol. The molecule has 22 heavy (non-hydrogen) atoms. The summed E-state index contributed by atoms with van der Waals surface area (Å²) in [7, 11) is 0. The van der Waals surface area contributed by atoms with E-state index in [4.69, 9.17) is 0 Å². The van der Waals surface area contributed by atoms with Gasteiger partial charge < -0.3 is 5.32 Å². The lowest BCUT2D eigenvalue weighted by Gasteiger charge is -2.02. The summed E-state index contributed by atoms with van der Waals surface area (Å²) >= 11 is 3.39. The van der Waals surface area contributed by atoms with E-state index < -0.39 is 0 Å². The van der Waals surface area contributed by atoms with Crippen LogP contribution in [0.3, 0.4) is 0 Å². The molecule has 0 aliphatic heterocycles. The highest BCUT2D eigenvalue weighted by Crippen LogP contribution is 2.20. The third-order valence-electron chi connectivity index (χ3n) is 3.12. The molecule has 0 saturated heterocycles. The second-order valence-corrected chi connectivity index (χ2v) is 5.59. The maximum Gasteiger partial charge on any atom is 0.269 e. The topological polar surface area (TPSA) is 70.7 Å². The van der Waals surface area contributed by atoms with E-state index in [1.165, 1.54) is 0 Å². The first-order valence-corrected chi connectivity index (χ1v) is 7.51. The van der Waals surface area contributed by atoms with Crippen LogP contribution in [0.4, 0.5) is 0 Å². The molecule has 0 radical (unpaired) electrons. The van der Waals surface area contributed by atoms with E-state index in [2.05, 4.69) is 36.4 Å². The van der Waals surface area contributed by atoms with Crippen molar-refractivity contribution in [1.29, 1.82) is 0 Å². The monoisotopic (exact) mass is 356 g/mol. The van der Waals surface area contributed by atoms with Gasteiger partial charge in [0.25, 0.3) is 5.91 Å². The fourth-order valence-electron chi connectivity index (χ4n) is 1.98. The number of aromatic nitrogens is 3. The zero-order valence-corrected chi connectivity index (χ0v) is 13.2. The van der Waals surface area contributed by atoms with Gasteiger partial charge in [0.15, 0.2) is 0 Å². The van der Waals surface area contributed by atoms with Gasteiger partial charge in [-0.15, -0.1) is 0 Å². The van der Waals surface area contributed by atoms with Crippen molar-refractivity contribution in [1.82, 2.24) is 20.5 Å². The molecule has 2 N–H and O–H groups in total. The predicted octanol–water partition coefficient (Wildman–Crippen LogP) is 3.16. The van der Waals surface area contributed by atoms with E-state index in [1.807, 2.05) is 42.5 Å². The molecule has 0 aliphatic rings. The number of hydrogen-bond acceptors (Lipinski definition) is 3. The summed E-state index contributed by atoms with van der Waals surface area (Å²) in [5.41, 5.74) is 2.91. The largest absolute Gasteiger partial charge is 0.345 e. The first kappa shape index (κ1) is 14.5. The molecule has 0 fully saturated rings. The highest BCUT2D eigenvalue weighted by Gasteiger charge is 2.10. The predicted molar refractivity (Wildman–Crippen MR) is 87.1 cm³/mol. The Morgan fingerprint density at radius 2 is 2.00 bits per heavy atom. The van der Waals surface area contributed by atoms with E-state index in [9.17, 15) is 4.79 Å². The van der Waals surface area contributed by atoms with Crippen molar-refractivity contribution in [2.45, 2.75) is 6.54 Å². The SMILES string of the molecule is O=C(NCc1ccccn1)c1cc(-c2ccc(Br)cc2)n[nH]1. The molecule has 110 valence electrons. The van der Waals surface area contributed by atoms with Crippen molar-refractivity contribution in [2.75, 3.05) is 0 Å². The van der Waals surface area contributed by atoms with E-state index in [1.54, 1.807) is 12.3 Å². The Balaban J connectivity index is 1.68. The number of nitrogens with one attached hydrogen (secondary N) is 2. The van der Waals surface area contributed by atoms with Gasteiger partial charge in [-0.1, -0.05) is 34.1 Å². The normalized spacial score (nSPS) is 10.4. The van der Waals surface area contributed by atoms with Crippen LogP contribution in [0.1, 0.15) is 16.2 Å². The molecule has 0 aliphatic carbocycles. The van der Waals surface area contributed by atoms with Crippen molar-refractivity contribution in [3.05, 3.63) is 70.6 Å². The van der Waals surface area contributed by atoms with Crippen LogP contribution in [0.5, 0.6) is 0 Å². The Morgan fingerprint density at radius 3 is 2.73 bits per heavy atom. The van der Waals surface area contributed by atoms with Crippen LogP contribution in [-0.4, -0.2) is 21.1 Å². The number of aromatic amines is 1. The summed E-state index contributed by atoms with van der Waals surface area (Å²) in [6.07, 6.45) is 1.70. The lowest BCUT2D eigenvalue weighted by molar-refractivity contribution is 0.0945. The Kier molecular flexibility index (Phi) is 4.29. The minimum Gasteiger partial charge on any atom is -0.345 e. The van der Waals surface area contributed by atoms with Gasteiger partial charge in [-0.2, -0.15) is 5.10 Å². The number of carbonyl (C=O) groups is 1. The van der Waals surface area contributed by atoms with E-state index >= 15 is 0 Å². The molecule has 0 spiro atoms. The van der Waals surface area contributed by atoms with Crippen LogP contribution in [0.2, 0.25) is 0 Å². The second-order valence-electron chi connectivity index (χ2n) is 4.68. The maximum atomic E-state index is 12.1. The van der Waals surface area contributed by atoms with Gasteiger partial charge >= 0.3 is 0 Å². The van der Waals surface area contributed by atoms with Crippen LogP contribution in [-0.2, 0) is 6.54 Å². The van der Waals surface area contributed by atoms with Gasteiger partial charge in [-0.25, -0.2) is 0 Å². The van der Waals surface area contributed by atoms with Crippen molar-refractivity contribution < 1.29 is 4.79 Å². The summed E-state index contributed by atoms with van der Waals surface area (Å²) in [5.74, 6) is -0.207.